The highest BCUT2D eigenvalue weighted by molar-refractivity contribution is 7.80. The van der Waals surface area contributed by atoms with E-state index < -0.39 is 187 Å². The van der Waals surface area contributed by atoms with E-state index in [1.807, 2.05) is 13.8 Å². The smallest absolute Gasteiger partial charge is 0.305 e. The van der Waals surface area contributed by atoms with Crippen molar-refractivity contribution in [2.24, 2.45) is 28.9 Å². The summed E-state index contributed by atoms with van der Waals surface area (Å²) in [4.78, 5) is 202. The number of hydrogen-bond donors (Lipinski definition) is 22. The second-order valence-corrected chi connectivity index (χ2v) is 24.5. The molecule has 0 aliphatic carbocycles. The lowest BCUT2D eigenvalue weighted by Crippen LogP contribution is -2.60. The summed E-state index contributed by atoms with van der Waals surface area (Å²) in [6.45, 7) is 4.24. The lowest BCUT2D eigenvalue weighted by atomic mass is 10.0. The Bertz CT molecular complexity index is 3220. The Morgan fingerprint density at radius 1 is 0.570 bits per heavy atom. The van der Waals surface area contributed by atoms with Crippen LogP contribution in [0.2, 0.25) is 0 Å². The number of likely N-dealkylation sites (tertiary alicyclic amines) is 1. The van der Waals surface area contributed by atoms with Gasteiger partial charge in [0.05, 0.1) is 26.0 Å². The number of aliphatic hydroxyl groups excluding tert-OH is 1. The van der Waals surface area contributed by atoms with E-state index in [-0.39, 0.29) is 101 Å². The summed E-state index contributed by atoms with van der Waals surface area (Å²) >= 11 is 4.22. The molecule has 100 heavy (non-hydrogen) atoms. The van der Waals surface area contributed by atoms with Gasteiger partial charge in [-0.2, -0.15) is 12.6 Å². The number of rotatable bonds is 43. The normalized spacial score (nSPS) is 15.5. The fraction of sp³-hybridized carbons (Fsp3) is 0.548. The van der Waals surface area contributed by atoms with Gasteiger partial charge >= 0.3 is 5.97 Å². The second-order valence-electron chi connectivity index (χ2n) is 24.1. The predicted octanol–water partition coefficient (Wildman–Crippen LogP) is -6.93. The first-order valence-corrected chi connectivity index (χ1v) is 32.7. The van der Waals surface area contributed by atoms with Gasteiger partial charge in [0, 0.05) is 38.6 Å². The summed E-state index contributed by atoms with van der Waals surface area (Å²) in [7, 11) is 0. The van der Waals surface area contributed by atoms with Gasteiger partial charge in [0.25, 0.3) is 0 Å². The quantitative estimate of drug-likeness (QED) is 0.0127. The van der Waals surface area contributed by atoms with Crippen molar-refractivity contribution >= 4 is 107 Å². The molecule has 2 aromatic rings. The molecular formula is C62H94N18O19S. The van der Waals surface area contributed by atoms with Crippen molar-refractivity contribution in [3.63, 3.8) is 0 Å². The first-order chi connectivity index (χ1) is 47.2. The number of phenols is 2. The van der Waals surface area contributed by atoms with Gasteiger partial charge in [0.1, 0.15) is 78.0 Å². The number of unbranched alkanes of at least 4 members (excludes halogenated alkanes) is 1. The van der Waals surface area contributed by atoms with Crippen molar-refractivity contribution in [1.29, 1.82) is 5.41 Å². The van der Waals surface area contributed by atoms with Gasteiger partial charge in [-0.05, 0) is 106 Å². The van der Waals surface area contributed by atoms with Crippen LogP contribution in [0.15, 0.2) is 48.5 Å². The van der Waals surface area contributed by atoms with Gasteiger partial charge in [-0.3, -0.25) is 77.3 Å². The maximum Gasteiger partial charge on any atom is 0.305 e. The van der Waals surface area contributed by atoms with Gasteiger partial charge in [0.15, 0.2) is 5.96 Å². The second kappa shape index (κ2) is 42.4. The number of aromatic hydroxyl groups is 2. The molecule has 0 spiro atoms. The summed E-state index contributed by atoms with van der Waals surface area (Å²) in [5.41, 5.74) is 22.7. The highest BCUT2D eigenvalue weighted by atomic mass is 32.1. The first-order valence-electron chi connectivity index (χ1n) is 32.1. The van der Waals surface area contributed by atoms with Crippen LogP contribution in [-0.2, 0) is 84.8 Å². The molecule has 552 valence electrons. The molecule has 0 aromatic heterocycles. The molecular weight excluding hydrogens is 1330 g/mol. The number of guanidine groups is 1. The third kappa shape index (κ3) is 29.8. The van der Waals surface area contributed by atoms with Crippen molar-refractivity contribution in [3.8, 4) is 11.5 Å². The van der Waals surface area contributed by atoms with Crippen LogP contribution in [0, 0.1) is 11.3 Å². The summed E-state index contributed by atoms with van der Waals surface area (Å²) in [5, 5.41) is 75.7. The minimum atomic E-state index is -1.94. The number of nitrogens with one attached hydrogen (secondary N) is 13. The largest absolute Gasteiger partial charge is 0.508 e. The van der Waals surface area contributed by atoms with E-state index in [4.69, 9.17) is 28.3 Å². The fourth-order valence-corrected chi connectivity index (χ4v) is 10.4. The Labute approximate surface area is 581 Å². The molecule has 38 heteroatoms. The number of benzene rings is 2. The van der Waals surface area contributed by atoms with Crippen LogP contribution in [0.4, 0.5) is 0 Å². The predicted molar refractivity (Wildman–Crippen MR) is 360 cm³/mol. The Kier molecular flexibility index (Phi) is 35.6. The van der Waals surface area contributed by atoms with E-state index in [0.717, 1.165) is 4.90 Å². The van der Waals surface area contributed by atoms with Crippen LogP contribution in [0.5, 0.6) is 11.5 Å². The Balaban J connectivity index is 1.78. The number of carbonyl (C=O) groups is 15. The van der Waals surface area contributed by atoms with E-state index in [0.29, 0.717) is 17.5 Å². The third-order valence-electron chi connectivity index (χ3n) is 15.3. The highest BCUT2D eigenvalue weighted by Gasteiger charge is 2.41. The van der Waals surface area contributed by atoms with Gasteiger partial charge in [-0.15, -0.1) is 0 Å². The monoisotopic (exact) mass is 1430 g/mol. The van der Waals surface area contributed by atoms with E-state index >= 15 is 0 Å². The van der Waals surface area contributed by atoms with Gasteiger partial charge < -0.3 is 112 Å². The molecule has 3 rings (SSSR count). The number of aliphatic hydroxyl groups is 1. The van der Waals surface area contributed by atoms with Crippen LogP contribution in [0.3, 0.4) is 0 Å². The summed E-state index contributed by atoms with van der Waals surface area (Å²) < 4.78 is 0. The molecule has 14 amide bonds. The average Bonchev–Trinajstić information content (AvgIpc) is 1.61. The summed E-state index contributed by atoms with van der Waals surface area (Å²) in [5.74, 6) is -16.3. The number of carbonyl (C=O) groups excluding carboxylic acids is 14. The van der Waals surface area contributed by atoms with Crippen molar-refractivity contribution in [2.45, 2.75) is 171 Å². The molecule has 11 atom stereocenters. The highest BCUT2D eigenvalue weighted by Crippen LogP contribution is 2.21. The Morgan fingerprint density at radius 2 is 1.06 bits per heavy atom. The van der Waals surface area contributed by atoms with Crippen LogP contribution in [-0.4, -0.2) is 225 Å². The number of amides is 14. The number of thiol groups is 1. The van der Waals surface area contributed by atoms with Crippen molar-refractivity contribution < 1.29 is 92.3 Å². The zero-order valence-corrected chi connectivity index (χ0v) is 56.8. The molecule has 2 aromatic carbocycles. The minimum Gasteiger partial charge on any atom is -0.508 e. The van der Waals surface area contributed by atoms with Crippen LogP contribution in [0.25, 0.3) is 0 Å². The molecule has 1 aliphatic heterocycles. The number of primary amides is 2. The number of nitrogens with zero attached hydrogens (tertiary/aromatic N) is 1. The molecule has 1 aliphatic rings. The van der Waals surface area contributed by atoms with Crippen LogP contribution < -0.4 is 86.7 Å². The van der Waals surface area contributed by atoms with Crippen molar-refractivity contribution in [1.82, 2.24) is 68.7 Å². The van der Waals surface area contributed by atoms with E-state index in [9.17, 15) is 92.3 Å². The van der Waals surface area contributed by atoms with E-state index in [1.54, 1.807) is 0 Å². The van der Waals surface area contributed by atoms with E-state index in [2.05, 4.69) is 76.4 Å². The van der Waals surface area contributed by atoms with Gasteiger partial charge in [0.2, 0.25) is 82.7 Å². The number of nitrogens with two attached hydrogens (primary N) is 4. The number of aliphatic carboxylic acids is 1. The molecule has 1 saturated heterocycles. The third-order valence-corrected chi connectivity index (χ3v) is 15.7. The van der Waals surface area contributed by atoms with Crippen molar-refractivity contribution in [2.75, 3.05) is 38.5 Å². The lowest BCUT2D eigenvalue weighted by Gasteiger charge is -2.30. The Morgan fingerprint density at radius 3 is 1.56 bits per heavy atom. The average molecular weight is 1430 g/mol. The van der Waals surface area contributed by atoms with Crippen LogP contribution >= 0.6 is 12.6 Å². The van der Waals surface area contributed by atoms with Gasteiger partial charge in [-0.1, -0.05) is 38.1 Å². The zero-order chi connectivity index (χ0) is 74.9. The maximum absolute atomic E-state index is 14.4. The molecule has 0 radical (unpaired) electrons. The van der Waals surface area contributed by atoms with Gasteiger partial charge in [-0.25, -0.2) is 0 Å². The molecule has 0 unspecified atom stereocenters. The lowest BCUT2D eigenvalue weighted by molar-refractivity contribution is -0.143. The topological polar surface area (TPSA) is 612 Å². The number of hydrogen-bond acceptors (Lipinski definition) is 21. The Hall–Kier alpha value is -10.4. The number of carboxylic acid groups (broad SMARTS) is 1. The fourth-order valence-electron chi connectivity index (χ4n) is 10.2. The summed E-state index contributed by atoms with van der Waals surface area (Å²) in [6.07, 6.45) is -1.53. The SMILES string of the molecule is CC(=O)N[C@@H](CC(C)C)C(=O)N[C@@H](Cc1ccc(O)cc1)C(=O)N[C@@H](CCCNC(=N)N)C(=O)N[C@@H](C)C(=O)N[C@@H](CC(N)=O)C(=O)NCC(=O)N[C@@H](CC(=O)O)C(=O)N[C@@H](CCCCN)C(=O)N1CCC[C@H]1C(=O)N[C@@H](CS)C(=O)N[C@@H](Cc1ccc(O)cc1)C(=O)N[C@@H](CO)C(N)=O. The summed E-state index contributed by atoms with van der Waals surface area (Å²) in [6, 6.07) is -5.22. The van der Waals surface area contributed by atoms with E-state index in [1.165, 1.54) is 62.4 Å². The van der Waals surface area contributed by atoms with Crippen LogP contribution in [0.1, 0.15) is 103 Å². The standard InChI is InChI=1S/C62H94N18O19S/c1-31(2)23-40(71-33(4)82)55(93)76-41(24-34-12-16-36(83)17-13-34)56(94)73-38(10-7-21-68-62(66)67)54(92)70-32(3)52(90)75-43(26-48(64)85)53(91)69-28-49(86)72-44(27-50(87)88)58(96)74-39(9-5-6-20-63)61(99)80-22-8-11-47(80)60(98)79-46(30-100)59(97)77-42(25-35-14-18-37(84)19-15-35)57(95)78-45(29-81)51(65)89/h12-19,31-32,38-47,81,83-84,100H,5-11,20-30,63H2,1-4H3,(H2,64,85)(H2,65,89)(H,69,91)(H,70,92)(H,71,82)(H,72,86)(H,73,94)(H,74,96)(H,75,90)(H,76,93)(H,77,97)(H,78,95)(H,79,98)(H,87,88)(H4,66,67,68)/t32-,38-,39-,40-,41-,42-,43-,44-,45-,46-,47-/m0/s1. The molecule has 1 heterocycles. The number of phenolic OH excluding ortho intramolecular Hbond substituents is 2. The molecule has 37 nitrogen and oxygen atoms in total. The molecule has 25 N–H and O–H groups in total. The number of carboxylic acids is 1. The first kappa shape index (κ1) is 83.9. The van der Waals surface area contributed by atoms with Crippen molar-refractivity contribution in [3.05, 3.63) is 59.7 Å². The molecule has 1 fully saturated rings. The minimum absolute atomic E-state index is 0.0335. The molecule has 0 saturated carbocycles. The zero-order valence-electron chi connectivity index (χ0n) is 55.9. The maximum atomic E-state index is 14.4. The molecule has 0 bridgehead atoms.